The number of hydrogen-bond donors (Lipinski definition) is 0. The zero-order valence-electron chi connectivity index (χ0n) is 18.6. The maximum Gasteiger partial charge on any atom is 0.253 e. The number of hydrogen-bond acceptors (Lipinski definition) is 3. The number of amides is 1. The second kappa shape index (κ2) is 13.5. The van der Waals surface area contributed by atoms with Gasteiger partial charge in [-0.1, -0.05) is 48.5 Å². The predicted molar refractivity (Wildman–Crippen MR) is 135 cm³/mol. The number of benzene rings is 2. The predicted octanol–water partition coefficient (Wildman–Crippen LogP) is 4.91. The lowest BCUT2D eigenvalue weighted by Gasteiger charge is -2.39. The fourth-order valence-electron chi connectivity index (χ4n) is 4.14. The van der Waals surface area contributed by atoms with E-state index in [1.165, 1.54) is 11.1 Å². The summed E-state index contributed by atoms with van der Waals surface area (Å²) in [5, 5.41) is 0. The van der Waals surface area contributed by atoms with Crippen LogP contribution in [0.15, 0.2) is 67.3 Å². The first kappa shape index (κ1) is 27.2. The Morgan fingerprint density at radius 1 is 0.935 bits per heavy atom. The van der Waals surface area contributed by atoms with Crippen molar-refractivity contribution >= 4 is 30.7 Å². The molecule has 0 spiro atoms. The Hall–Kier alpha value is -1.85. The van der Waals surface area contributed by atoms with Gasteiger partial charge in [0.25, 0.3) is 5.91 Å². The molecule has 0 bridgehead atoms. The molecule has 31 heavy (non-hydrogen) atoms. The third-order valence-electron chi connectivity index (χ3n) is 5.80. The van der Waals surface area contributed by atoms with Gasteiger partial charge in [-0.05, 0) is 37.1 Å². The standard InChI is InChI=1S/C25H33N3O.2ClH/c1-4-16-26-17-19-28(20-18-26)24(21-10-8-7-9-11-21)22-12-14-23(15-13-22)25(29)27(5-2)6-3;;/h4,7-15,24H,1,5-6,16-20H2,2-3H3;2*1H. The van der Waals surface area contributed by atoms with Gasteiger partial charge in [0, 0.05) is 51.4 Å². The summed E-state index contributed by atoms with van der Waals surface area (Å²) in [5.41, 5.74) is 3.30. The third kappa shape index (κ3) is 6.81. The monoisotopic (exact) mass is 463 g/mol. The zero-order chi connectivity index (χ0) is 20.6. The molecule has 170 valence electrons. The van der Waals surface area contributed by atoms with E-state index in [0.29, 0.717) is 0 Å². The van der Waals surface area contributed by atoms with Crippen LogP contribution in [0.1, 0.15) is 41.4 Å². The minimum Gasteiger partial charge on any atom is -0.339 e. The normalized spacial score (nSPS) is 15.3. The third-order valence-corrected chi connectivity index (χ3v) is 5.80. The zero-order valence-corrected chi connectivity index (χ0v) is 20.2. The highest BCUT2D eigenvalue weighted by molar-refractivity contribution is 5.94. The minimum atomic E-state index is 0. The van der Waals surface area contributed by atoms with Crippen LogP contribution in [0, 0.1) is 0 Å². The van der Waals surface area contributed by atoms with Crippen molar-refractivity contribution in [3.63, 3.8) is 0 Å². The molecule has 0 N–H and O–H groups in total. The van der Waals surface area contributed by atoms with Gasteiger partial charge in [0.15, 0.2) is 0 Å². The number of piperazine rings is 1. The second-order valence-corrected chi connectivity index (χ2v) is 7.54. The Morgan fingerprint density at radius 3 is 2.00 bits per heavy atom. The topological polar surface area (TPSA) is 26.8 Å². The smallest absolute Gasteiger partial charge is 0.253 e. The lowest BCUT2D eigenvalue weighted by atomic mass is 9.95. The van der Waals surface area contributed by atoms with E-state index in [9.17, 15) is 4.79 Å². The van der Waals surface area contributed by atoms with E-state index in [0.717, 1.165) is 51.4 Å². The Morgan fingerprint density at radius 2 is 1.48 bits per heavy atom. The molecule has 1 aliphatic rings. The van der Waals surface area contributed by atoms with Crippen molar-refractivity contribution in [1.29, 1.82) is 0 Å². The van der Waals surface area contributed by atoms with Gasteiger partial charge in [-0.2, -0.15) is 0 Å². The Bertz CT molecular complexity index is 786. The molecule has 1 saturated heterocycles. The molecule has 1 aliphatic heterocycles. The maximum absolute atomic E-state index is 12.7. The summed E-state index contributed by atoms with van der Waals surface area (Å²) in [6.07, 6.45) is 1.98. The molecular formula is C25H35Cl2N3O. The lowest BCUT2D eigenvalue weighted by Crippen LogP contribution is -2.47. The van der Waals surface area contributed by atoms with Crippen LogP contribution in [-0.4, -0.2) is 66.4 Å². The molecule has 6 heteroatoms. The first-order valence-corrected chi connectivity index (χ1v) is 10.7. The van der Waals surface area contributed by atoms with E-state index in [-0.39, 0.29) is 36.8 Å². The fourth-order valence-corrected chi connectivity index (χ4v) is 4.14. The quantitative estimate of drug-likeness (QED) is 0.520. The molecule has 1 unspecified atom stereocenters. The van der Waals surface area contributed by atoms with Crippen molar-refractivity contribution in [3.05, 3.63) is 83.9 Å². The first-order chi connectivity index (χ1) is 14.2. The molecule has 4 nitrogen and oxygen atoms in total. The van der Waals surface area contributed by atoms with Gasteiger partial charge >= 0.3 is 0 Å². The lowest BCUT2D eigenvalue weighted by molar-refractivity contribution is 0.0773. The number of halogens is 2. The first-order valence-electron chi connectivity index (χ1n) is 10.7. The van der Waals surface area contributed by atoms with Gasteiger partial charge in [0.05, 0.1) is 6.04 Å². The number of carbonyl (C=O) groups excluding carboxylic acids is 1. The summed E-state index contributed by atoms with van der Waals surface area (Å²) in [6.45, 7) is 14.5. The van der Waals surface area contributed by atoms with E-state index < -0.39 is 0 Å². The number of nitrogens with zero attached hydrogens (tertiary/aromatic N) is 3. The Labute approximate surface area is 199 Å². The molecule has 0 radical (unpaired) electrons. The van der Waals surface area contributed by atoms with Crippen molar-refractivity contribution in [1.82, 2.24) is 14.7 Å². The summed E-state index contributed by atoms with van der Waals surface area (Å²) in [5.74, 6) is 0.107. The number of rotatable bonds is 8. The van der Waals surface area contributed by atoms with Crippen LogP contribution in [0.4, 0.5) is 0 Å². The molecular weight excluding hydrogens is 429 g/mol. The minimum absolute atomic E-state index is 0. The maximum atomic E-state index is 12.7. The van der Waals surface area contributed by atoms with Crippen LogP contribution < -0.4 is 0 Å². The highest BCUT2D eigenvalue weighted by Gasteiger charge is 2.26. The van der Waals surface area contributed by atoms with E-state index >= 15 is 0 Å². The van der Waals surface area contributed by atoms with Crippen LogP contribution in [-0.2, 0) is 0 Å². The Balaban J connectivity index is 0.00000240. The van der Waals surface area contributed by atoms with Crippen molar-refractivity contribution in [2.24, 2.45) is 0 Å². The molecule has 1 amide bonds. The Kier molecular flexibility index (Phi) is 11.9. The summed E-state index contributed by atoms with van der Waals surface area (Å²) >= 11 is 0. The summed E-state index contributed by atoms with van der Waals surface area (Å²) < 4.78 is 0. The van der Waals surface area contributed by atoms with E-state index in [1.54, 1.807) is 0 Å². The number of carbonyl (C=O) groups is 1. The molecule has 1 atom stereocenters. The van der Waals surface area contributed by atoms with E-state index in [2.05, 4.69) is 58.8 Å². The highest BCUT2D eigenvalue weighted by atomic mass is 35.5. The van der Waals surface area contributed by atoms with Crippen LogP contribution in [0.2, 0.25) is 0 Å². The largest absolute Gasteiger partial charge is 0.339 e. The van der Waals surface area contributed by atoms with Gasteiger partial charge < -0.3 is 4.90 Å². The summed E-state index contributed by atoms with van der Waals surface area (Å²) in [6, 6.07) is 19.1. The van der Waals surface area contributed by atoms with Crippen LogP contribution in [0.25, 0.3) is 0 Å². The molecule has 3 rings (SSSR count). The summed E-state index contributed by atoms with van der Waals surface area (Å²) in [4.78, 5) is 19.5. The van der Waals surface area contributed by atoms with Gasteiger partial charge in [0.2, 0.25) is 0 Å². The average Bonchev–Trinajstić information content (AvgIpc) is 2.77. The average molecular weight is 464 g/mol. The molecule has 0 aromatic heterocycles. The van der Waals surface area contributed by atoms with Gasteiger partial charge in [0.1, 0.15) is 0 Å². The van der Waals surface area contributed by atoms with Crippen LogP contribution in [0.5, 0.6) is 0 Å². The van der Waals surface area contributed by atoms with Crippen molar-refractivity contribution in [3.8, 4) is 0 Å². The van der Waals surface area contributed by atoms with E-state index in [4.69, 9.17) is 0 Å². The van der Waals surface area contributed by atoms with Gasteiger partial charge in [-0.3, -0.25) is 14.6 Å². The fraction of sp³-hybridized carbons (Fsp3) is 0.400. The molecule has 2 aromatic carbocycles. The van der Waals surface area contributed by atoms with Gasteiger partial charge in [-0.15, -0.1) is 31.4 Å². The molecule has 1 heterocycles. The van der Waals surface area contributed by atoms with Crippen molar-refractivity contribution < 1.29 is 4.79 Å². The highest BCUT2D eigenvalue weighted by Crippen LogP contribution is 2.30. The van der Waals surface area contributed by atoms with E-state index in [1.807, 2.05) is 37.0 Å². The molecule has 2 aromatic rings. The molecule has 0 aliphatic carbocycles. The molecule has 0 saturated carbocycles. The van der Waals surface area contributed by atoms with Gasteiger partial charge in [-0.25, -0.2) is 0 Å². The van der Waals surface area contributed by atoms with Crippen LogP contribution >= 0.6 is 24.8 Å². The van der Waals surface area contributed by atoms with Crippen molar-refractivity contribution in [2.75, 3.05) is 45.8 Å². The second-order valence-electron chi connectivity index (χ2n) is 7.54. The molecule has 1 fully saturated rings. The van der Waals surface area contributed by atoms with Crippen molar-refractivity contribution in [2.45, 2.75) is 19.9 Å². The SMILES string of the molecule is C=CCN1CCN(C(c2ccccc2)c2ccc(C(=O)N(CC)CC)cc2)CC1.Cl.Cl. The summed E-state index contributed by atoms with van der Waals surface area (Å²) in [7, 11) is 0. The van der Waals surface area contributed by atoms with Crippen LogP contribution in [0.3, 0.4) is 0 Å².